The Bertz CT molecular complexity index is 1200. The van der Waals surface area contributed by atoms with E-state index in [-0.39, 0.29) is 19.1 Å². The SMILES string of the molecule is Cc1c(Cl)cccc1NC(=O)COc1ccc(N(Cc2ccc(Cl)cc2)S(C)(=O)=O)cc1. The van der Waals surface area contributed by atoms with Crippen LogP contribution in [-0.2, 0) is 21.4 Å². The lowest BCUT2D eigenvalue weighted by atomic mass is 10.2. The summed E-state index contributed by atoms with van der Waals surface area (Å²) in [4.78, 5) is 12.2. The number of nitrogens with zero attached hydrogens (tertiary/aromatic N) is 1. The Morgan fingerprint density at radius 1 is 1.00 bits per heavy atom. The summed E-state index contributed by atoms with van der Waals surface area (Å²) >= 11 is 12.0. The number of anilines is 2. The van der Waals surface area contributed by atoms with Crippen molar-refractivity contribution >= 4 is 50.5 Å². The van der Waals surface area contributed by atoms with E-state index in [0.717, 1.165) is 17.4 Å². The van der Waals surface area contributed by atoms with E-state index >= 15 is 0 Å². The number of carbonyl (C=O) groups excluding carboxylic acids is 1. The fourth-order valence-electron chi connectivity index (χ4n) is 2.94. The summed E-state index contributed by atoms with van der Waals surface area (Å²) in [7, 11) is -3.52. The molecule has 0 saturated heterocycles. The van der Waals surface area contributed by atoms with Gasteiger partial charge < -0.3 is 10.1 Å². The number of rotatable bonds is 8. The third-order valence-electron chi connectivity index (χ3n) is 4.68. The van der Waals surface area contributed by atoms with Gasteiger partial charge in [-0.3, -0.25) is 9.10 Å². The van der Waals surface area contributed by atoms with Crippen LogP contribution in [0.1, 0.15) is 11.1 Å². The molecule has 0 aliphatic heterocycles. The summed E-state index contributed by atoms with van der Waals surface area (Å²) < 4.78 is 31.5. The Morgan fingerprint density at radius 3 is 2.28 bits per heavy atom. The van der Waals surface area contributed by atoms with Gasteiger partial charge in [-0.05, 0) is 66.6 Å². The van der Waals surface area contributed by atoms with Crippen LogP contribution in [0.25, 0.3) is 0 Å². The van der Waals surface area contributed by atoms with Gasteiger partial charge in [-0.2, -0.15) is 0 Å². The molecule has 0 saturated carbocycles. The second-order valence-corrected chi connectivity index (χ2v) is 9.89. The first-order chi connectivity index (χ1) is 15.1. The van der Waals surface area contributed by atoms with Gasteiger partial charge in [0.25, 0.3) is 5.91 Å². The minimum Gasteiger partial charge on any atom is -0.484 e. The van der Waals surface area contributed by atoms with Crippen molar-refractivity contribution in [3.63, 3.8) is 0 Å². The number of benzene rings is 3. The standard InChI is InChI=1S/C23H22Cl2N2O4S/c1-16-21(25)4-3-5-22(16)26-23(28)15-31-20-12-10-19(11-13-20)27(32(2,29)30)14-17-6-8-18(24)9-7-17/h3-13H,14-15H2,1-2H3,(H,26,28). The van der Waals surface area contributed by atoms with Gasteiger partial charge in [-0.1, -0.05) is 41.4 Å². The first-order valence-corrected chi connectivity index (χ1v) is 12.2. The lowest BCUT2D eigenvalue weighted by Crippen LogP contribution is -2.29. The average molecular weight is 493 g/mol. The fraction of sp³-hybridized carbons (Fsp3) is 0.174. The minimum atomic E-state index is -3.52. The van der Waals surface area contributed by atoms with Crippen molar-refractivity contribution < 1.29 is 17.9 Å². The number of sulfonamides is 1. The molecule has 0 spiro atoms. The van der Waals surface area contributed by atoms with Crippen LogP contribution in [0.5, 0.6) is 5.75 Å². The van der Waals surface area contributed by atoms with Crippen LogP contribution in [-0.4, -0.2) is 27.2 Å². The number of hydrogen-bond donors (Lipinski definition) is 1. The monoisotopic (exact) mass is 492 g/mol. The van der Waals surface area contributed by atoms with Gasteiger partial charge in [-0.25, -0.2) is 8.42 Å². The van der Waals surface area contributed by atoms with Crippen molar-refractivity contribution in [3.8, 4) is 5.75 Å². The average Bonchev–Trinajstić information content (AvgIpc) is 2.75. The maximum Gasteiger partial charge on any atom is 0.262 e. The highest BCUT2D eigenvalue weighted by atomic mass is 35.5. The Morgan fingerprint density at radius 2 is 1.66 bits per heavy atom. The second kappa shape index (κ2) is 10.3. The third kappa shape index (κ3) is 6.38. The Balaban J connectivity index is 1.65. The maximum absolute atomic E-state index is 12.3. The number of hydrogen-bond acceptors (Lipinski definition) is 4. The molecule has 0 aliphatic carbocycles. The van der Waals surface area contributed by atoms with Crippen molar-refractivity contribution in [2.24, 2.45) is 0 Å². The summed E-state index contributed by atoms with van der Waals surface area (Å²) in [6.45, 7) is 1.78. The molecule has 3 aromatic rings. The molecule has 0 fully saturated rings. The summed E-state index contributed by atoms with van der Waals surface area (Å²) in [5.41, 5.74) is 2.67. The van der Waals surface area contributed by atoms with Gasteiger partial charge in [0.15, 0.2) is 6.61 Å². The van der Waals surface area contributed by atoms with Crippen molar-refractivity contribution in [1.82, 2.24) is 0 Å². The van der Waals surface area contributed by atoms with Crippen molar-refractivity contribution in [2.75, 3.05) is 22.5 Å². The lowest BCUT2D eigenvalue weighted by Gasteiger charge is -2.23. The van der Waals surface area contributed by atoms with E-state index in [1.165, 1.54) is 4.31 Å². The molecule has 0 heterocycles. The highest BCUT2D eigenvalue weighted by molar-refractivity contribution is 7.92. The molecular weight excluding hydrogens is 471 g/mol. The summed E-state index contributed by atoms with van der Waals surface area (Å²) in [5, 5.41) is 3.90. The topological polar surface area (TPSA) is 75.7 Å². The predicted octanol–water partition coefficient (Wildman–Crippen LogP) is 5.29. The molecule has 0 aromatic heterocycles. The van der Waals surface area contributed by atoms with E-state index in [1.54, 1.807) is 66.7 Å². The van der Waals surface area contributed by atoms with Crippen molar-refractivity contribution in [2.45, 2.75) is 13.5 Å². The van der Waals surface area contributed by atoms with Crippen LogP contribution < -0.4 is 14.4 Å². The number of halogens is 2. The molecule has 0 bridgehead atoms. The van der Waals surface area contributed by atoms with Gasteiger partial charge in [0.05, 0.1) is 18.5 Å². The van der Waals surface area contributed by atoms with E-state index in [1.807, 2.05) is 6.92 Å². The smallest absolute Gasteiger partial charge is 0.262 e. The lowest BCUT2D eigenvalue weighted by molar-refractivity contribution is -0.118. The first kappa shape index (κ1) is 23.9. The molecule has 6 nitrogen and oxygen atoms in total. The highest BCUT2D eigenvalue weighted by Gasteiger charge is 2.18. The molecule has 0 atom stereocenters. The minimum absolute atomic E-state index is 0.164. The number of amides is 1. The van der Waals surface area contributed by atoms with E-state index in [0.29, 0.717) is 27.2 Å². The van der Waals surface area contributed by atoms with E-state index in [2.05, 4.69) is 5.32 Å². The molecule has 0 unspecified atom stereocenters. The molecule has 1 amide bonds. The van der Waals surface area contributed by atoms with Gasteiger partial charge in [0.2, 0.25) is 10.0 Å². The number of carbonyl (C=O) groups is 1. The van der Waals surface area contributed by atoms with Gasteiger partial charge in [0, 0.05) is 15.7 Å². The van der Waals surface area contributed by atoms with Crippen LogP contribution in [0.3, 0.4) is 0 Å². The largest absolute Gasteiger partial charge is 0.484 e. The van der Waals surface area contributed by atoms with Crippen LogP contribution in [0, 0.1) is 6.92 Å². The van der Waals surface area contributed by atoms with Gasteiger partial charge in [-0.15, -0.1) is 0 Å². The molecule has 0 aliphatic rings. The molecule has 0 radical (unpaired) electrons. The number of ether oxygens (including phenoxy) is 1. The quantitative estimate of drug-likeness (QED) is 0.463. The third-order valence-corrected chi connectivity index (χ3v) is 6.48. The van der Waals surface area contributed by atoms with Crippen LogP contribution in [0.4, 0.5) is 11.4 Å². The van der Waals surface area contributed by atoms with Crippen LogP contribution in [0.15, 0.2) is 66.7 Å². The van der Waals surface area contributed by atoms with E-state index in [4.69, 9.17) is 27.9 Å². The Labute approximate surface area is 197 Å². The molecular formula is C23H22Cl2N2O4S. The van der Waals surface area contributed by atoms with Crippen molar-refractivity contribution in [1.29, 1.82) is 0 Å². The summed E-state index contributed by atoms with van der Waals surface area (Å²) in [6, 6.07) is 18.7. The fourth-order valence-corrected chi connectivity index (χ4v) is 4.13. The number of nitrogens with one attached hydrogen (secondary N) is 1. The molecule has 1 N–H and O–H groups in total. The van der Waals surface area contributed by atoms with Crippen molar-refractivity contribution in [3.05, 3.63) is 87.9 Å². The molecule has 9 heteroatoms. The van der Waals surface area contributed by atoms with Gasteiger partial charge >= 0.3 is 0 Å². The molecule has 3 aromatic carbocycles. The van der Waals surface area contributed by atoms with Crippen LogP contribution in [0.2, 0.25) is 10.0 Å². The van der Waals surface area contributed by atoms with E-state index in [9.17, 15) is 13.2 Å². The summed E-state index contributed by atoms with van der Waals surface area (Å²) in [6.07, 6.45) is 1.15. The second-order valence-electron chi connectivity index (χ2n) is 7.14. The Hall–Kier alpha value is -2.74. The van der Waals surface area contributed by atoms with Crippen LogP contribution >= 0.6 is 23.2 Å². The zero-order valence-electron chi connectivity index (χ0n) is 17.5. The normalized spacial score (nSPS) is 11.1. The Kier molecular flexibility index (Phi) is 7.66. The highest BCUT2D eigenvalue weighted by Crippen LogP contribution is 2.25. The zero-order valence-corrected chi connectivity index (χ0v) is 19.8. The molecule has 32 heavy (non-hydrogen) atoms. The molecule has 3 rings (SSSR count). The van der Waals surface area contributed by atoms with E-state index < -0.39 is 10.0 Å². The first-order valence-electron chi connectivity index (χ1n) is 9.63. The zero-order chi connectivity index (χ0) is 23.3. The summed E-state index contributed by atoms with van der Waals surface area (Å²) in [5.74, 6) is 0.103. The molecule has 168 valence electrons. The maximum atomic E-state index is 12.3. The predicted molar refractivity (Wildman–Crippen MR) is 129 cm³/mol. The van der Waals surface area contributed by atoms with Gasteiger partial charge in [0.1, 0.15) is 5.75 Å².